The summed E-state index contributed by atoms with van der Waals surface area (Å²) < 4.78 is 0. The highest BCUT2D eigenvalue weighted by molar-refractivity contribution is 7.15. The van der Waals surface area contributed by atoms with Crippen molar-refractivity contribution < 1.29 is 0 Å². The zero-order valence-electron chi connectivity index (χ0n) is 12.6. The summed E-state index contributed by atoms with van der Waals surface area (Å²) >= 11 is 3.60. The molecule has 0 radical (unpaired) electrons. The highest BCUT2D eigenvalue weighted by Crippen LogP contribution is 2.39. The Morgan fingerprint density at radius 1 is 1.27 bits per heavy atom. The monoisotopic (exact) mass is 355 g/mol. The zero-order chi connectivity index (χ0) is 14.1. The fraction of sp³-hybridized carbons (Fsp3) is 0.562. The standard InChI is InChI=1S/C16H21N3S2.ClH/c1-8-20-11-13(1)15-18-9-14(21-15)10-19-7-4-16(12-19)2-5-17-6-3-16;/h1,8-9,11,17H,2-7,10,12H2;1H. The molecule has 0 aliphatic carbocycles. The van der Waals surface area contributed by atoms with Gasteiger partial charge in [0.05, 0.1) is 0 Å². The van der Waals surface area contributed by atoms with E-state index >= 15 is 0 Å². The Morgan fingerprint density at radius 3 is 2.91 bits per heavy atom. The average molecular weight is 356 g/mol. The number of halogens is 1. The number of nitrogens with one attached hydrogen (secondary N) is 1. The first-order valence-electron chi connectivity index (χ1n) is 7.73. The third-order valence-electron chi connectivity index (χ3n) is 4.88. The van der Waals surface area contributed by atoms with Gasteiger partial charge in [-0.15, -0.1) is 23.7 Å². The van der Waals surface area contributed by atoms with Crippen LogP contribution in [0.3, 0.4) is 0 Å². The third-order valence-corrected chi connectivity index (χ3v) is 6.60. The van der Waals surface area contributed by atoms with Crippen LogP contribution in [0.1, 0.15) is 24.1 Å². The number of rotatable bonds is 3. The minimum Gasteiger partial charge on any atom is -0.317 e. The van der Waals surface area contributed by atoms with Crippen LogP contribution < -0.4 is 5.32 Å². The van der Waals surface area contributed by atoms with Gasteiger partial charge in [0.1, 0.15) is 5.01 Å². The van der Waals surface area contributed by atoms with Crippen LogP contribution in [0.4, 0.5) is 0 Å². The molecular weight excluding hydrogens is 334 g/mol. The van der Waals surface area contributed by atoms with Crippen LogP contribution in [-0.2, 0) is 6.54 Å². The summed E-state index contributed by atoms with van der Waals surface area (Å²) in [6.07, 6.45) is 6.16. The molecule has 4 rings (SSSR count). The molecule has 6 heteroatoms. The van der Waals surface area contributed by atoms with Gasteiger partial charge in [-0.1, -0.05) is 0 Å². The van der Waals surface area contributed by atoms with E-state index in [-0.39, 0.29) is 12.4 Å². The fourth-order valence-corrected chi connectivity index (χ4v) is 5.31. The lowest BCUT2D eigenvalue weighted by molar-refractivity contribution is 0.194. The maximum absolute atomic E-state index is 4.59. The Morgan fingerprint density at radius 2 is 2.14 bits per heavy atom. The Kier molecular flexibility index (Phi) is 5.20. The van der Waals surface area contributed by atoms with Gasteiger partial charge in [0.2, 0.25) is 0 Å². The molecule has 3 nitrogen and oxygen atoms in total. The Labute approximate surface area is 146 Å². The highest BCUT2D eigenvalue weighted by Gasteiger charge is 2.38. The van der Waals surface area contributed by atoms with Crippen LogP contribution in [0, 0.1) is 5.41 Å². The second-order valence-corrected chi connectivity index (χ2v) is 8.25. The third kappa shape index (κ3) is 3.39. The zero-order valence-corrected chi connectivity index (χ0v) is 15.0. The van der Waals surface area contributed by atoms with Gasteiger partial charge < -0.3 is 5.32 Å². The molecule has 0 saturated carbocycles. The van der Waals surface area contributed by atoms with Crippen molar-refractivity contribution in [3.8, 4) is 10.6 Å². The average Bonchev–Trinajstić information content (AvgIpc) is 3.22. The summed E-state index contributed by atoms with van der Waals surface area (Å²) in [5.74, 6) is 0. The van der Waals surface area contributed by atoms with E-state index in [1.165, 1.54) is 60.9 Å². The summed E-state index contributed by atoms with van der Waals surface area (Å²) in [6, 6.07) is 2.16. The minimum atomic E-state index is 0. The van der Waals surface area contributed by atoms with E-state index in [1.54, 1.807) is 11.3 Å². The Bertz CT molecular complexity index is 590. The SMILES string of the molecule is Cl.c1cc(-c2ncc(CN3CCC4(CCNCC4)C3)s2)cs1. The van der Waals surface area contributed by atoms with E-state index in [1.807, 2.05) is 11.3 Å². The summed E-state index contributed by atoms with van der Waals surface area (Å²) in [7, 11) is 0. The molecular formula is C16H22ClN3S2. The van der Waals surface area contributed by atoms with Crippen molar-refractivity contribution in [2.45, 2.75) is 25.8 Å². The molecule has 22 heavy (non-hydrogen) atoms. The molecule has 4 heterocycles. The first-order chi connectivity index (χ1) is 10.3. The van der Waals surface area contributed by atoms with Crippen LogP contribution in [0.2, 0.25) is 0 Å². The van der Waals surface area contributed by atoms with Crippen molar-refractivity contribution in [2.75, 3.05) is 26.2 Å². The maximum atomic E-state index is 4.59. The van der Waals surface area contributed by atoms with Gasteiger partial charge in [0.25, 0.3) is 0 Å². The lowest BCUT2D eigenvalue weighted by Crippen LogP contribution is -2.38. The molecule has 1 N–H and O–H groups in total. The molecule has 2 aliphatic rings. The van der Waals surface area contributed by atoms with E-state index in [0.29, 0.717) is 5.41 Å². The molecule has 0 bridgehead atoms. The summed E-state index contributed by atoms with van der Waals surface area (Å²) in [5.41, 5.74) is 1.87. The molecule has 2 saturated heterocycles. The lowest BCUT2D eigenvalue weighted by atomic mass is 9.78. The predicted octanol–water partition coefficient (Wildman–Crippen LogP) is 3.87. The topological polar surface area (TPSA) is 28.2 Å². The fourth-order valence-electron chi connectivity index (χ4n) is 3.65. The largest absolute Gasteiger partial charge is 0.317 e. The van der Waals surface area contributed by atoms with Crippen molar-refractivity contribution in [1.82, 2.24) is 15.2 Å². The van der Waals surface area contributed by atoms with Gasteiger partial charge in [0.15, 0.2) is 0 Å². The van der Waals surface area contributed by atoms with Gasteiger partial charge in [0, 0.05) is 35.1 Å². The van der Waals surface area contributed by atoms with Gasteiger partial charge in [-0.2, -0.15) is 11.3 Å². The van der Waals surface area contributed by atoms with Gasteiger partial charge in [-0.3, -0.25) is 4.90 Å². The number of nitrogens with zero attached hydrogens (tertiary/aromatic N) is 2. The van der Waals surface area contributed by atoms with Crippen LogP contribution >= 0.6 is 35.1 Å². The molecule has 0 aromatic carbocycles. The molecule has 1 spiro atoms. The van der Waals surface area contributed by atoms with Crippen molar-refractivity contribution in [1.29, 1.82) is 0 Å². The second-order valence-electron chi connectivity index (χ2n) is 6.35. The minimum absolute atomic E-state index is 0. The van der Waals surface area contributed by atoms with Crippen molar-refractivity contribution in [2.24, 2.45) is 5.41 Å². The van der Waals surface area contributed by atoms with E-state index in [0.717, 1.165) is 6.54 Å². The maximum Gasteiger partial charge on any atom is 0.124 e. The van der Waals surface area contributed by atoms with Crippen molar-refractivity contribution in [3.63, 3.8) is 0 Å². The second kappa shape index (κ2) is 6.97. The lowest BCUT2D eigenvalue weighted by Gasteiger charge is -2.33. The molecule has 0 atom stereocenters. The summed E-state index contributed by atoms with van der Waals surface area (Å²) in [6.45, 7) is 6.02. The van der Waals surface area contributed by atoms with E-state index in [9.17, 15) is 0 Å². The van der Waals surface area contributed by atoms with Gasteiger partial charge in [-0.05, 0) is 55.8 Å². The Balaban J connectivity index is 0.00000144. The molecule has 120 valence electrons. The first-order valence-corrected chi connectivity index (χ1v) is 9.49. The summed E-state index contributed by atoms with van der Waals surface area (Å²) in [5, 5.41) is 8.97. The van der Waals surface area contributed by atoms with Crippen molar-refractivity contribution >= 4 is 35.1 Å². The molecule has 2 fully saturated rings. The van der Waals surface area contributed by atoms with Gasteiger partial charge in [-0.25, -0.2) is 4.98 Å². The molecule has 2 aromatic heterocycles. The van der Waals surface area contributed by atoms with Crippen LogP contribution in [0.5, 0.6) is 0 Å². The van der Waals surface area contributed by atoms with Crippen LogP contribution in [0.25, 0.3) is 10.6 Å². The smallest absolute Gasteiger partial charge is 0.124 e. The van der Waals surface area contributed by atoms with E-state index in [2.05, 4.69) is 38.2 Å². The number of thiophene rings is 1. The molecule has 2 aromatic rings. The molecule has 0 amide bonds. The number of likely N-dealkylation sites (tertiary alicyclic amines) is 1. The number of piperidine rings is 1. The first kappa shape index (κ1) is 16.4. The number of aromatic nitrogens is 1. The molecule has 2 aliphatic heterocycles. The quantitative estimate of drug-likeness (QED) is 0.905. The number of hydrogen-bond donors (Lipinski definition) is 1. The molecule has 0 unspecified atom stereocenters. The van der Waals surface area contributed by atoms with Crippen LogP contribution in [-0.4, -0.2) is 36.1 Å². The van der Waals surface area contributed by atoms with E-state index in [4.69, 9.17) is 0 Å². The van der Waals surface area contributed by atoms with E-state index < -0.39 is 0 Å². The normalized spacial score (nSPS) is 21.1. The Hall–Kier alpha value is -0.460. The van der Waals surface area contributed by atoms with Crippen molar-refractivity contribution in [3.05, 3.63) is 27.9 Å². The highest BCUT2D eigenvalue weighted by atomic mass is 35.5. The van der Waals surface area contributed by atoms with Gasteiger partial charge >= 0.3 is 0 Å². The number of thiazole rings is 1. The number of hydrogen-bond acceptors (Lipinski definition) is 5. The predicted molar refractivity (Wildman–Crippen MR) is 97.1 cm³/mol. The summed E-state index contributed by atoms with van der Waals surface area (Å²) in [4.78, 5) is 8.63. The van der Waals surface area contributed by atoms with Crippen LogP contribution in [0.15, 0.2) is 23.0 Å².